The second-order valence-corrected chi connectivity index (χ2v) is 5.43. The number of methoxy groups -OCH3 is 1. The van der Waals surface area contributed by atoms with Gasteiger partial charge in [0, 0.05) is 26.1 Å². The molecule has 4 heteroatoms. The van der Waals surface area contributed by atoms with Gasteiger partial charge in [-0.3, -0.25) is 0 Å². The summed E-state index contributed by atoms with van der Waals surface area (Å²) in [5.74, 6) is 1.06. The van der Waals surface area contributed by atoms with Crippen LogP contribution in [0.5, 0.6) is 0 Å². The van der Waals surface area contributed by atoms with Crippen molar-refractivity contribution in [3.05, 3.63) is 28.8 Å². The highest BCUT2D eigenvalue weighted by Gasteiger charge is 2.12. The lowest BCUT2D eigenvalue weighted by atomic mass is 10.1. The molecule has 0 saturated carbocycles. The Labute approximate surface area is 120 Å². The molecule has 0 N–H and O–H groups in total. The minimum absolute atomic E-state index is 0.488. The van der Waals surface area contributed by atoms with E-state index in [1.807, 2.05) is 18.2 Å². The highest BCUT2D eigenvalue weighted by atomic mass is 35.5. The lowest BCUT2D eigenvalue weighted by molar-refractivity contribution is 0.204. The van der Waals surface area contributed by atoms with Crippen molar-refractivity contribution in [3.63, 3.8) is 0 Å². The Morgan fingerprint density at radius 1 is 1.33 bits per heavy atom. The standard InChI is InChI=1S/C14H21Cl2NO/c1-11(2)10-17(6-7-18-3)14-5-4-12(9-15)8-13(14)16/h4-5,8,11H,6-7,9-10H2,1-3H3. The van der Waals surface area contributed by atoms with E-state index in [2.05, 4.69) is 18.7 Å². The van der Waals surface area contributed by atoms with E-state index in [9.17, 15) is 0 Å². The van der Waals surface area contributed by atoms with E-state index in [0.29, 0.717) is 18.4 Å². The number of anilines is 1. The van der Waals surface area contributed by atoms with Crippen LogP contribution in [0.25, 0.3) is 0 Å². The Bertz CT molecular complexity index is 369. The number of benzene rings is 1. The molecule has 0 heterocycles. The van der Waals surface area contributed by atoms with Crippen LogP contribution in [0.2, 0.25) is 5.02 Å². The largest absolute Gasteiger partial charge is 0.383 e. The summed E-state index contributed by atoms with van der Waals surface area (Å²) in [7, 11) is 1.71. The van der Waals surface area contributed by atoms with E-state index in [-0.39, 0.29) is 0 Å². The summed E-state index contributed by atoms with van der Waals surface area (Å²) in [6.07, 6.45) is 0. The topological polar surface area (TPSA) is 12.5 Å². The lowest BCUT2D eigenvalue weighted by Gasteiger charge is -2.27. The van der Waals surface area contributed by atoms with Gasteiger partial charge in [0.25, 0.3) is 0 Å². The van der Waals surface area contributed by atoms with Gasteiger partial charge in [0.05, 0.1) is 17.3 Å². The first kappa shape index (κ1) is 15.6. The number of halogens is 2. The molecule has 1 aromatic carbocycles. The number of rotatable bonds is 7. The van der Waals surface area contributed by atoms with E-state index in [1.165, 1.54) is 0 Å². The third-order valence-electron chi connectivity index (χ3n) is 2.66. The molecule has 18 heavy (non-hydrogen) atoms. The molecule has 0 atom stereocenters. The summed E-state index contributed by atoms with van der Waals surface area (Å²) in [6, 6.07) is 6.00. The fourth-order valence-electron chi connectivity index (χ4n) is 1.84. The van der Waals surface area contributed by atoms with Crippen LogP contribution in [0.3, 0.4) is 0 Å². The average molecular weight is 290 g/mol. The molecule has 1 rings (SSSR count). The maximum Gasteiger partial charge on any atom is 0.0642 e. The Morgan fingerprint density at radius 3 is 2.56 bits per heavy atom. The molecule has 0 radical (unpaired) electrons. The van der Waals surface area contributed by atoms with E-state index >= 15 is 0 Å². The molecule has 0 amide bonds. The summed E-state index contributed by atoms with van der Waals surface area (Å²) in [5.41, 5.74) is 2.10. The normalized spacial score (nSPS) is 11.0. The average Bonchev–Trinajstić information content (AvgIpc) is 2.34. The van der Waals surface area contributed by atoms with Crippen LogP contribution in [0.4, 0.5) is 5.69 Å². The van der Waals surface area contributed by atoms with Crippen molar-refractivity contribution < 1.29 is 4.74 Å². The zero-order valence-electron chi connectivity index (χ0n) is 11.2. The van der Waals surface area contributed by atoms with Crippen molar-refractivity contribution in [3.8, 4) is 0 Å². The van der Waals surface area contributed by atoms with Crippen LogP contribution < -0.4 is 4.90 Å². The van der Waals surface area contributed by atoms with Gasteiger partial charge in [0.1, 0.15) is 0 Å². The number of hydrogen-bond acceptors (Lipinski definition) is 2. The molecule has 102 valence electrons. The SMILES string of the molecule is COCCN(CC(C)C)c1ccc(CCl)cc1Cl. The van der Waals surface area contributed by atoms with Gasteiger partial charge in [0.15, 0.2) is 0 Å². The second kappa shape index (κ2) is 7.88. The van der Waals surface area contributed by atoms with E-state index in [4.69, 9.17) is 27.9 Å². The molecule has 0 aromatic heterocycles. The van der Waals surface area contributed by atoms with Crippen molar-refractivity contribution in [2.75, 3.05) is 31.7 Å². The smallest absolute Gasteiger partial charge is 0.0642 e. The third kappa shape index (κ3) is 4.68. The van der Waals surface area contributed by atoms with Gasteiger partial charge in [-0.2, -0.15) is 0 Å². The highest BCUT2D eigenvalue weighted by Crippen LogP contribution is 2.28. The van der Waals surface area contributed by atoms with Crippen LogP contribution in [-0.4, -0.2) is 26.8 Å². The van der Waals surface area contributed by atoms with Crippen molar-refractivity contribution in [1.29, 1.82) is 0 Å². The zero-order valence-corrected chi connectivity index (χ0v) is 12.8. The van der Waals surface area contributed by atoms with E-state index in [0.717, 1.165) is 29.4 Å². The van der Waals surface area contributed by atoms with Crippen LogP contribution in [-0.2, 0) is 10.6 Å². The molecule has 0 aliphatic heterocycles. The minimum atomic E-state index is 0.488. The fourth-order valence-corrected chi connectivity index (χ4v) is 2.33. The molecule has 2 nitrogen and oxygen atoms in total. The molecule has 0 aliphatic rings. The number of alkyl halides is 1. The van der Waals surface area contributed by atoms with Crippen LogP contribution in [0.1, 0.15) is 19.4 Å². The summed E-state index contributed by atoms with van der Waals surface area (Å²) >= 11 is 12.1. The number of hydrogen-bond donors (Lipinski definition) is 0. The Kier molecular flexibility index (Phi) is 6.83. The third-order valence-corrected chi connectivity index (χ3v) is 3.27. The fraction of sp³-hybridized carbons (Fsp3) is 0.571. The van der Waals surface area contributed by atoms with Gasteiger partial charge in [0.2, 0.25) is 0 Å². The predicted octanol–water partition coefficient (Wildman–Crippen LogP) is 4.19. The molecule has 0 bridgehead atoms. The quantitative estimate of drug-likeness (QED) is 0.698. The van der Waals surface area contributed by atoms with Gasteiger partial charge in [-0.25, -0.2) is 0 Å². The zero-order chi connectivity index (χ0) is 13.5. The highest BCUT2D eigenvalue weighted by molar-refractivity contribution is 6.33. The van der Waals surface area contributed by atoms with E-state index < -0.39 is 0 Å². The molecular weight excluding hydrogens is 269 g/mol. The Morgan fingerprint density at radius 2 is 2.06 bits per heavy atom. The van der Waals surface area contributed by atoms with Crippen molar-refractivity contribution in [2.45, 2.75) is 19.7 Å². The van der Waals surface area contributed by atoms with Crippen LogP contribution >= 0.6 is 23.2 Å². The predicted molar refractivity (Wildman–Crippen MR) is 79.9 cm³/mol. The molecule has 0 unspecified atom stereocenters. The Hall–Kier alpha value is -0.440. The lowest BCUT2D eigenvalue weighted by Crippen LogP contribution is -2.31. The number of nitrogens with zero attached hydrogens (tertiary/aromatic N) is 1. The van der Waals surface area contributed by atoms with Crippen molar-refractivity contribution in [1.82, 2.24) is 0 Å². The summed E-state index contributed by atoms with van der Waals surface area (Å²) in [6.45, 7) is 6.89. The first-order chi connectivity index (χ1) is 8.58. The summed E-state index contributed by atoms with van der Waals surface area (Å²) < 4.78 is 5.15. The van der Waals surface area contributed by atoms with Gasteiger partial charge in [-0.05, 0) is 23.6 Å². The first-order valence-electron chi connectivity index (χ1n) is 6.16. The molecule has 0 fully saturated rings. The maximum absolute atomic E-state index is 6.32. The first-order valence-corrected chi connectivity index (χ1v) is 7.08. The monoisotopic (exact) mass is 289 g/mol. The summed E-state index contributed by atoms with van der Waals surface area (Å²) in [4.78, 5) is 2.26. The van der Waals surface area contributed by atoms with Crippen LogP contribution in [0, 0.1) is 5.92 Å². The van der Waals surface area contributed by atoms with Gasteiger partial charge in [-0.15, -0.1) is 11.6 Å². The van der Waals surface area contributed by atoms with Gasteiger partial charge < -0.3 is 9.64 Å². The molecule has 0 spiro atoms. The van der Waals surface area contributed by atoms with E-state index in [1.54, 1.807) is 7.11 Å². The molecule has 1 aromatic rings. The van der Waals surface area contributed by atoms with Crippen LogP contribution in [0.15, 0.2) is 18.2 Å². The molecule has 0 aliphatic carbocycles. The minimum Gasteiger partial charge on any atom is -0.383 e. The Balaban J connectivity index is 2.89. The van der Waals surface area contributed by atoms with Gasteiger partial charge >= 0.3 is 0 Å². The molecular formula is C14H21Cl2NO. The summed E-state index contributed by atoms with van der Waals surface area (Å²) in [5, 5.41) is 0.755. The number of ether oxygens (including phenoxy) is 1. The van der Waals surface area contributed by atoms with Crippen molar-refractivity contribution in [2.24, 2.45) is 5.92 Å². The molecule has 0 saturated heterocycles. The van der Waals surface area contributed by atoms with Gasteiger partial charge in [-0.1, -0.05) is 31.5 Å². The van der Waals surface area contributed by atoms with Crippen molar-refractivity contribution >= 4 is 28.9 Å². The second-order valence-electron chi connectivity index (χ2n) is 4.75. The maximum atomic E-state index is 6.32.